The van der Waals surface area contributed by atoms with Crippen molar-refractivity contribution in [3.8, 4) is 0 Å². The molecular formula is C15H23NO2. The molecule has 3 heteroatoms. The maximum absolute atomic E-state index is 9.01. The van der Waals surface area contributed by atoms with E-state index in [9.17, 15) is 0 Å². The van der Waals surface area contributed by atoms with E-state index in [1.54, 1.807) is 0 Å². The standard InChI is InChI=1S/C15H23NO2/c1-11(2)15-9-14(7-8-18-15)16-13-5-3-12(10-17)4-6-13/h3-6,11,14-17H,7-10H2,1-2H3. The highest BCUT2D eigenvalue weighted by atomic mass is 16.5. The molecule has 2 unspecified atom stereocenters. The molecule has 1 fully saturated rings. The molecule has 1 heterocycles. The molecule has 100 valence electrons. The number of rotatable bonds is 4. The Hall–Kier alpha value is -1.06. The van der Waals surface area contributed by atoms with Gasteiger partial charge >= 0.3 is 0 Å². The molecule has 0 radical (unpaired) electrons. The number of nitrogens with one attached hydrogen (secondary N) is 1. The Labute approximate surface area is 109 Å². The summed E-state index contributed by atoms with van der Waals surface area (Å²) < 4.78 is 5.77. The largest absolute Gasteiger partial charge is 0.392 e. The summed E-state index contributed by atoms with van der Waals surface area (Å²) in [5, 5.41) is 12.6. The first-order valence-corrected chi connectivity index (χ1v) is 6.77. The fourth-order valence-electron chi connectivity index (χ4n) is 2.37. The molecule has 0 bridgehead atoms. The Morgan fingerprint density at radius 2 is 2.06 bits per heavy atom. The second-order valence-electron chi connectivity index (χ2n) is 5.37. The van der Waals surface area contributed by atoms with Crippen LogP contribution in [0.1, 0.15) is 32.3 Å². The first-order valence-electron chi connectivity index (χ1n) is 6.77. The van der Waals surface area contributed by atoms with Crippen molar-refractivity contribution in [2.75, 3.05) is 11.9 Å². The molecule has 0 aliphatic carbocycles. The van der Waals surface area contributed by atoms with Crippen LogP contribution in [0.15, 0.2) is 24.3 Å². The van der Waals surface area contributed by atoms with Gasteiger partial charge in [0.2, 0.25) is 0 Å². The Morgan fingerprint density at radius 3 is 2.67 bits per heavy atom. The van der Waals surface area contributed by atoms with Crippen LogP contribution in [-0.4, -0.2) is 23.9 Å². The molecule has 0 amide bonds. The Morgan fingerprint density at radius 1 is 1.33 bits per heavy atom. The molecule has 1 aromatic rings. The van der Waals surface area contributed by atoms with Crippen LogP contribution in [0, 0.1) is 5.92 Å². The summed E-state index contributed by atoms with van der Waals surface area (Å²) in [5.74, 6) is 0.575. The van der Waals surface area contributed by atoms with Crippen molar-refractivity contribution in [2.24, 2.45) is 5.92 Å². The van der Waals surface area contributed by atoms with E-state index in [-0.39, 0.29) is 6.61 Å². The summed E-state index contributed by atoms with van der Waals surface area (Å²) in [6, 6.07) is 8.48. The molecule has 1 aromatic carbocycles. The number of anilines is 1. The number of ether oxygens (including phenoxy) is 1. The highest BCUT2D eigenvalue weighted by Crippen LogP contribution is 2.23. The van der Waals surface area contributed by atoms with Crippen LogP contribution in [0.3, 0.4) is 0 Å². The van der Waals surface area contributed by atoms with E-state index in [4.69, 9.17) is 9.84 Å². The van der Waals surface area contributed by atoms with Gasteiger partial charge in [0.1, 0.15) is 0 Å². The lowest BCUT2D eigenvalue weighted by Gasteiger charge is -2.33. The number of benzene rings is 1. The molecular weight excluding hydrogens is 226 g/mol. The second kappa shape index (κ2) is 6.21. The number of aliphatic hydroxyl groups excluding tert-OH is 1. The van der Waals surface area contributed by atoms with Crippen molar-refractivity contribution < 1.29 is 9.84 Å². The van der Waals surface area contributed by atoms with Gasteiger partial charge in [-0.25, -0.2) is 0 Å². The van der Waals surface area contributed by atoms with Crippen LogP contribution in [-0.2, 0) is 11.3 Å². The van der Waals surface area contributed by atoms with Crippen LogP contribution in [0.2, 0.25) is 0 Å². The van der Waals surface area contributed by atoms with E-state index < -0.39 is 0 Å². The Kier molecular flexibility index (Phi) is 4.61. The lowest BCUT2D eigenvalue weighted by atomic mass is 9.95. The third-order valence-electron chi connectivity index (χ3n) is 3.57. The normalized spacial score (nSPS) is 24.2. The smallest absolute Gasteiger partial charge is 0.0681 e. The van der Waals surface area contributed by atoms with Gasteiger partial charge < -0.3 is 15.2 Å². The molecule has 0 saturated carbocycles. The molecule has 2 rings (SSSR count). The predicted octanol–water partition coefficient (Wildman–Crippen LogP) is 2.79. The van der Waals surface area contributed by atoms with Crippen molar-refractivity contribution >= 4 is 5.69 Å². The minimum atomic E-state index is 0.104. The van der Waals surface area contributed by atoms with Gasteiger partial charge in [0.15, 0.2) is 0 Å². The first kappa shape index (κ1) is 13.4. The lowest BCUT2D eigenvalue weighted by Crippen LogP contribution is -2.36. The monoisotopic (exact) mass is 249 g/mol. The van der Waals surface area contributed by atoms with Gasteiger partial charge in [0.05, 0.1) is 12.7 Å². The average Bonchev–Trinajstić information content (AvgIpc) is 2.40. The van der Waals surface area contributed by atoms with Crippen LogP contribution >= 0.6 is 0 Å². The molecule has 3 nitrogen and oxygen atoms in total. The van der Waals surface area contributed by atoms with Gasteiger partial charge in [-0.15, -0.1) is 0 Å². The van der Waals surface area contributed by atoms with E-state index in [0.717, 1.165) is 30.7 Å². The Balaban J connectivity index is 1.91. The van der Waals surface area contributed by atoms with Crippen molar-refractivity contribution in [3.05, 3.63) is 29.8 Å². The summed E-state index contributed by atoms with van der Waals surface area (Å²) >= 11 is 0. The summed E-state index contributed by atoms with van der Waals surface area (Å²) in [4.78, 5) is 0. The maximum atomic E-state index is 9.01. The zero-order valence-corrected chi connectivity index (χ0v) is 11.2. The topological polar surface area (TPSA) is 41.5 Å². The summed E-state index contributed by atoms with van der Waals surface area (Å²) in [5.41, 5.74) is 2.08. The highest BCUT2D eigenvalue weighted by Gasteiger charge is 2.24. The average molecular weight is 249 g/mol. The van der Waals surface area contributed by atoms with Crippen molar-refractivity contribution in [3.63, 3.8) is 0 Å². The third kappa shape index (κ3) is 3.47. The van der Waals surface area contributed by atoms with E-state index in [1.807, 2.05) is 24.3 Å². The predicted molar refractivity (Wildman–Crippen MR) is 73.6 cm³/mol. The molecule has 1 aliphatic rings. The van der Waals surface area contributed by atoms with Crippen LogP contribution < -0.4 is 5.32 Å². The van der Waals surface area contributed by atoms with Crippen molar-refractivity contribution in [1.82, 2.24) is 0 Å². The van der Waals surface area contributed by atoms with E-state index in [0.29, 0.717) is 18.1 Å². The highest BCUT2D eigenvalue weighted by molar-refractivity contribution is 5.45. The molecule has 0 aromatic heterocycles. The fourth-order valence-corrected chi connectivity index (χ4v) is 2.37. The molecule has 1 saturated heterocycles. The van der Waals surface area contributed by atoms with Crippen LogP contribution in [0.4, 0.5) is 5.69 Å². The summed E-state index contributed by atoms with van der Waals surface area (Å²) in [6.07, 6.45) is 2.50. The van der Waals surface area contributed by atoms with Gasteiger partial charge in [-0.2, -0.15) is 0 Å². The minimum absolute atomic E-state index is 0.104. The molecule has 1 aliphatic heterocycles. The van der Waals surface area contributed by atoms with Gasteiger partial charge in [0.25, 0.3) is 0 Å². The number of hydrogen-bond acceptors (Lipinski definition) is 3. The minimum Gasteiger partial charge on any atom is -0.392 e. The zero-order chi connectivity index (χ0) is 13.0. The molecule has 2 N–H and O–H groups in total. The molecule has 2 atom stereocenters. The summed E-state index contributed by atoms with van der Waals surface area (Å²) in [7, 11) is 0. The van der Waals surface area contributed by atoms with Crippen molar-refractivity contribution in [1.29, 1.82) is 0 Å². The summed E-state index contributed by atoms with van der Waals surface area (Å²) in [6.45, 7) is 5.37. The van der Waals surface area contributed by atoms with Gasteiger partial charge in [0, 0.05) is 18.3 Å². The second-order valence-corrected chi connectivity index (χ2v) is 5.37. The van der Waals surface area contributed by atoms with Crippen LogP contribution in [0.5, 0.6) is 0 Å². The van der Waals surface area contributed by atoms with Crippen LogP contribution in [0.25, 0.3) is 0 Å². The van der Waals surface area contributed by atoms with Gasteiger partial charge in [-0.3, -0.25) is 0 Å². The SMILES string of the molecule is CC(C)C1CC(Nc2ccc(CO)cc2)CCO1. The number of hydrogen-bond donors (Lipinski definition) is 2. The van der Waals surface area contributed by atoms with E-state index >= 15 is 0 Å². The third-order valence-corrected chi connectivity index (χ3v) is 3.57. The van der Waals surface area contributed by atoms with Gasteiger partial charge in [-0.1, -0.05) is 26.0 Å². The van der Waals surface area contributed by atoms with E-state index in [2.05, 4.69) is 19.2 Å². The Bertz CT molecular complexity index is 361. The van der Waals surface area contributed by atoms with Crippen molar-refractivity contribution in [2.45, 2.75) is 45.4 Å². The first-order chi connectivity index (χ1) is 8.69. The molecule has 0 spiro atoms. The lowest BCUT2D eigenvalue weighted by molar-refractivity contribution is -0.0160. The van der Waals surface area contributed by atoms with Gasteiger partial charge in [-0.05, 0) is 36.5 Å². The quantitative estimate of drug-likeness (QED) is 0.862. The molecule has 18 heavy (non-hydrogen) atoms. The number of aliphatic hydroxyl groups is 1. The fraction of sp³-hybridized carbons (Fsp3) is 0.600. The zero-order valence-electron chi connectivity index (χ0n) is 11.2. The maximum Gasteiger partial charge on any atom is 0.0681 e. The van der Waals surface area contributed by atoms with E-state index in [1.165, 1.54) is 0 Å².